The van der Waals surface area contributed by atoms with Crippen molar-refractivity contribution in [2.24, 2.45) is 5.92 Å². The Morgan fingerprint density at radius 2 is 1.96 bits per heavy atom. The predicted molar refractivity (Wildman–Crippen MR) is 99.9 cm³/mol. The summed E-state index contributed by atoms with van der Waals surface area (Å²) in [5.74, 6) is -0.0916. The van der Waals surface area contributed by atoms with Crippen LogP contribution in [0.25, 0.3) is 0 Å². The summed E-state index contributed by atoms with van der Waals surface area (Å²) >= 11 is 5.99. The van der Waals surface area contributed by atoms with Crippen molar-refractivity contribution in [1.29, 1.82) is 0 Å². The first-order chi connectivity index (χ1) is 12.4. The number of ether oxygens (including phenoxy) is 1. The minimum Gasteiger partial charge on any atom is -0.495 e. The number of carbonyl (C=O) groups is 1. The number of rotatable bonds is 5. The molecule has 144 valence electrons. The van der Waals surface area contributed by atoms with Gasteiger partial charge in [-0.1, -0.05) is 24.4 Å². The van der Waals surface area contributed by atoms with Crippen LogP contribution in [-0.2, 0) is 14.8 Å². The molecule has 1 aromatic rings. The number of nitrogens with zero attached hydrogens (tertiary/aromatic N) is 1. The van der Waals surface area contributed by atoms with E-state index in [2.05, 4.69) is 5.32 Å². The van der Waals surface area contributed by atoms with Crippen molar-refractivity contribution in [3.05, 3.63) is 23.2 Å². The van der Waals surface area contributed by atoms with Crippen LogP contribution in [0.2, 0.25) is 5.02 Å². The maximum atomic E-state index is 13.1. The standard InChI is InChI=1S/C18H25ClN2O4S/c1-25-16-9-8-14(19)11-17(16)26(23,24)21-10-4-5-13(12-21)18(22)20-15-6-2-3-7-15/h8-9,11,13,15H,2-7,10,12H2,1H3,(H,20,22)/t13-/m1/s1. The highest BCUT2D eigenvalue weighted by atomic mass is 35.5. The summed E-state index contributed by atoms with van der Waals surface area (Å²) in [5.41, 5.74) is 0. The number of methoxy groups -OCH3 is 1. The molecule has 1 aromatic carbocycles. The Labute approximate surface area is 159 Å². The minimum atomic E-state index is -3.78. The highest BCUT2D eigenvalue weighted by Gasteiger charge is 2.35. The number of carbonyl (C=O) groups excluding carboxylic acids is 1. The first kappa shape index (κ1) is 19.5. The molecule has 2 fully saturated rings. The van der Waals surface area contributed by atoms with Crippen molar-refractivity contribution in [2.75, 3.05) is 20.2 Å². The van der Waals surface area contributed by atoms with Crippen molar-refractivity contribution in [3.8, 4) is 5.75 Å². The van der Waals surface area contributed by atoms with E-state index in [1.54, 1.807) is 12.1 Å². The number of hydrogen-bond donors (Lipinski definition) is 1. The molecule has 3 rings (SSSR count). The van der Waals surface area contributed by atoms with Crippen molar-refractivity contribution in [2.45, 2.75) is 49.5 Å². The van der Waals surface area contributed by atoms with Gasteiger partial charge in [0.05, 0.1) is 13.0 Å². The molecule has 1 atom stereocenters. The fourth-order valence-corrected chi connectivity index (χ4v) is 5.70. The van der Waals surface area contributed by atoms with Gasteiger partial charge in [-0.3, -0.25) is 4.79 Å². The van der Waals surface area contributed by atoms with E-state index in [4.69, 9.17) is 16.3 Å². The van der Waals surface area contributed by atoms with E-state index >= 15 is 0 Å². The van der Waals surface area contributed by atoms with E-state index in [1.807, 2.05) is 0 Å². The second-order valence-corrected chi connectivity index (χ2v) is 9.33. The van der Waals surface area contributed by atoms with Gasteiger partial charge in [-0.25, -0.2) is 8.42 Å². The van der Waals surface area contributed by atoms with E-state index < -0.39 is 10.0 Å². The zero-order chi connectivity index (χ0) is 18.7. The summed E-state index contributed by atoms with van der Waals surface area (Å²) in [7, 11) is -2.35. The third-order valence-electron chi connectivity index (χ3n) is 5.20. The van der Waals surface area contributed by atoms with E-state index in [9.17, 15) is 13.2 Å². The largest absolute Gasteiger partial charge is 0.495 e. The van der Waals surface area contributed by atoms with Gasteiger partial charge >= 0.3 is 0 Å². The number of halogens is 1. The molecule has 1 aliphatic heterocycles. The molecule has 1 saturated heterocycles. The molecule has 0 radical (unpaired) electrons. The van der Waals surface area contributed by atoms with E-state index in [0.717, 1.165) is 25.7 Å². The molecule has 1 aliphatic carbocycles. The Balaban J connectivity index is 1.76. The summed E-state index contributed by atoms with van der Waals surface area (Å²) < 4.78 is 32.8. The van der Waals surface area contributed by atoms with Crippen LogP contribution in [0.3, 0.4) is 0 Å². The third kappa shape index (κ3) is 4.15. The fraction of sp³-hybridized carbons (Fsp3) is 0.611. The molecule has 0 unspecified atom stereocenters. The summed E-state index contributed by atoms with van der Waals surface area (Å²) in [6.45, 7) is 0.585. The molecule has 0 aromatic heterocycles. The average Bonchev–Trinajstić information content (AvgIpc) is 3.14. The molecule has 0 bridgehead atoms. The monoisotopic (exact) mass is 400 g/mol. The lowest BCUT2D eigenvalue weighted by atomic mass is 9.98. The van der Waals surface area contributed by atoms with Crippen LogP contribution in [0.5, 0.6) is 5.75 Å². The molecule has 1 heterocycles. The fourth-order valence-electron chi connectivity index (χ4n) is 3.76. The van der Waals surface area contributed by atoms with Gasteiger partial charge in [0.25, 0.3) is 0 Å². The number of sulfonamides is 1. The van der Waals surface area contributed by atoms with E-state index in [0.29, 0.717) is 24.4 Å². The van der Waals surface area contributed by atoms with Gasteiger partial charge in [-0.2, -0.15) is 4.31 Å². The van der Waals surface area contributed by atoms with Gasteiger partial charge in [-0.05, 0) is 43.9 Å². The van der Waals surface area contributed by atoms with Gasteiger partial charge in [0, 0.05) is 24.2 Å². The first-order valence-electron chi connectivity index (χ1n) is 9.06. The van der Waals surface area contributed by atoms with Crippen molar-refractivity contribution < 1.29 is 17.9 Å². The highest BCUT2D eigenvalue weighted by Crippen LogP contribution is 2.32. The van der Waals surface area contributed by atoms with Crippen molar-refractivity contribution in [1.82, 2.24) is 9.62 Å². The Bertz CT molecular complexity index is 762. The molecule has 0 spiro atoms. The van der Waals surface area contributed by atoms with Gasteiger partial charge < -0.3 is 10.1 Å². The predicted octanol–water partition coefficient (Wildman–Crippen LogP) is 2.81. The van der Waals surface area contributed by atoms with Crippen LogP contribution in [0, 0.1) is 5.92 Å². The minimum absolute atomic E-state index is 0.0325. The Morgan fingerprint density at radius 1 is 1.23 bits per heavy atom. The molecular weight excluding hydrogens is 376 g/mol. The van der Waals surface area contributed by atoms with Crippen molar-refractivity contribution in [3.63, 3.8) is 0 Å². The smallest absolute Gasteiger partial charge is 0.246 e. The third-order valence-corrected chi connectivity index (χ3v) is 7.32. The Morgan fingerprint density at radius 3 is 2.65 bits per heavy atom. The van der Waals surface area contributed by atoms with Crippen LogP contribution < -0.4 is 10.1 Å². The van der Waals surface area contributed by atoms with Crippen LogP contribution in [0.4, 0.5) is 0 Å². The lowest BCUT2D eigenvalue weighted by Crippen LogP contribution is -2.47. The SMILES string of the molecule is COc1ccc(Cl)cc1S(=O)(=O)N1CCC[C@@H](C(=O)NC2CCCC2)C1. The lowest BCUT2D eigenvalue weighted by molar-refractivity contribution is -0.126. The average molecular weight is 401 g/mol. The quantitative estimate of drug-likeness (QED) is 0.824. The summed E-state index contributed by atoms with van der Waals surface area (Å²) in [6, 6.07) is 4.77. The number of hydrogen-bond acceptors (Lipinski definition) is 4. The normalized spacial score (nSPS) is 22.3. The first-order valence-corrected chi connectivity index (χ1v) is 10.9. The second kappa shape index (κ2) is 8.15. The van der Waals surface area contributed by atoms with Crippen LogP contribution in [0.1, 0.15) is 38.5 Å². The zero-order valence-corrected chi connectivity index (χ0v) is 16.5. The van der Waals surface area contributed by atoms with Gasteiger partial charge in [-0.15, -0.1) is 0 Å². The number of piperidine rings is 1. The van der Waals surface area contributed by atoms with Crippen LogP contribution in [-0.4, -0.2) is 44.9 Å². The lowest BCUT2D eigenvalue weighted by Gasteiger charge is -2.32. The summed E-state index contributed by atoms with van der Waals surface area (Å²) in [4.78, 5) is 12.6. The number of amides is 1. The maximum Gasteiger partial charge on any atom is 0.246 e. The molecule has 1 N–H and O–H groups in total. The Hall–Kier alpha value is -1.31. The zero-order valence-electron chi connectivity index (χ0n) is 14.9. The summed E-state index contributed by atoms with van der Waals surface area (Å²) in [5, 5.41) is 3.42. The molecule has 6 nitrogen and oxygen atoms in total. The number of nitrogens with one attached hydrogen (secondary N) is 1. The molecule has 8 heteroatoms. The Kier molecular flexibility index (Phi) is 6.10. The second-order valence-electron chi connectivity index (χ2n) is 6.99. The molecule has 2 aliphatic rings. The van der Waals surface area contributed by atoms with Gasteiger partial charge in [0.15, 0.2) is 0 Å². The van der Waals surface area contributed by atoms with Crippen LogP contribution in [0.15, 0.2) is 23.1 Å². The topological polar surface area (TPSA) is 75.7 Å². The van der Waals surface area contributed by atoms with Crippen LogP contribution >= 0.6 is 11.6 Å². The molecule has 26 heavy (non-hydrogen) atoms. The molecule has 1 amide bonds. The van der Waals surface area contributed by atoms with Gasteiger partial charge in [0.1, 0.15) is 10.6 Å². The number of benzene rings is 1. The van der Waals surface area contributed by atoms with Gasteiger partial charge in [0.2, 0.25) is 15.9 Å². The summed E-state index contributed by atoms with van der Waals surface area (Å²) in [6.07, 6.45) is 5.68. The molecule has 1 saturated carbocycles. The van der Waals surface area contributed by atoms with E-state index in [-0.39, 0.29) is 35.1 Å². The van der Waals surface area contributed by atoms with Crippen molar-refractivity contribution >= 4 is 27.5 Å². The van der Waals surface area contributed by atoms with E-state index in [1.165, 1.54) is 17.5 Å². The highest BCUT2D eigenvalue weighted by molar-refractivity contribution is 7.89. The molecular formula is C18H25ClN2O4S. The maximum absolute atomic E-state index is 13.1.